The van der Waals surface area contributed by atoms with E-state index in [2.05, 4.69) is 15.9 Å². The van der Waals surface area contributed by atoms with E-state index in [-0.39, 0.29) is 10.5 Å². The molecule has 0 atom stereocenters. The van der Waals surface area contributed by atoms with Crippen LogP contribution >= 0.6 is 27.7 Å². The number of hydrogen-bond acceptors (Lipinski definition) is 6. The van der Waals surface area contributed by atoms with E-state index in [1.165, 1.54) is 12.1 Å². The second-order valence-electron chi connectivity index (χ2n) is 3.47. The van der Waals surface area contributed by atoms with Gasteiger partial charge in [0.05, 0.1) is 9.83 Å². The summed E-state index contributed by atoms with van der Waals surface area (Å²) in [7, 11) is 0. The number of nitro benzene ring substituents is 1. The van der Waals surface area contributed by atoms with Crippen LogP contribution in [0.15, 0.2) is 21.5 Å². The second kappa shape index (κ2) is 5.02. The van der Waals surface area contributed by atoms with Gasteiger partial charge in [0.1, 0.15) is 0 Å². The Hall–Kier alpha value is -1.87. The molecule has 0 aliphatic carbocycles. The quantitative estimate of drug-likeness (QED) is 0.484. The number of nitrogens with zero attached hydrogens (tertiary/aromatic N) is 1. The van der Waals surface area contributed by atoms with Gasteiger partial charge in [0.15, 0.2) is 0 Å². The highest BCUT2D eigenvalue weighted by atomic mass is 79.9. The summed E-state index contributed by atoms with van der Waals surface area (Å²) in [6, 6.07) is 2.55. The molecule has 2 N–H and O–H groups in total. The van der Waals surface area contributed by atoms with Crippen molar-refractivity contribution >= 4 is 50.6 Å². The van der Waals surface area contributed by atoms with Crippen molar-refractivity contribution in [2.24, 2.45) is 0 Å². The number of hydrogen-bond donors (Lipinski definition) is 2. The first-order valence-electron chi connectivity index (χ1n) is 4.80. The SMILES string of the molecule is O=C1NC(=O)/C(=C/c2cc(Br)cc([N+](=O)[O-])c2O)S1. The molecule has 1 heterocycles. The van der Waals surface area contributed by atoms with Crippen molar-refractivity contribution in [1.82, 2.24) is 5.32 Å². The second-order valence-corrected chi connectivity index (χ2v) is 5.40. The van der Waals surface area contributed by atoms with Crippen LogP contribution in [0.1, 0.15) is 5.56 Å². The summed E-state index contributed by atoms with van der Waals surface area (Å²) in [5.74, 6) is -1.16. The van der Waals surface area contributed by atoms with E-state index in [0.717, 1.165) is 6.07 Å². The third-order valence-corrected chi connectivity index (χ3v) is 3.48. The lowest BCUT2D eigenvalue weighted by atomic mass is 10.1. The van der Waals surface area contributed by atoms with E-state index in [0.29, 0.717) is 16.2 Å². The summed E-state index contributed by atoms with van der Waals surface area (Å²) < 4.78 is 0.374. The average molecular weight is 345 g/mol. The number of benzene rings is 1. The van der Waals surface area contributed by atoms with Gasteiger partial charge in [0.2, 0.25) is 5.75 Å². The fraction of sp³-hybridized carbons (Fsp3) is 0. The van der Waals surface area contributed by atoms with Crippen molar-refractivity contribution in [2.45, 2.75) is 0 Å². The lowest BCUT2D eigenvalue weighted by molar-refractivity contribution is -0.385. The third-order valence-electron chi connectivity index (χ3n) is 2.21. The van der Waals surface area contributed by atoms with Crippen LogP contribution < -0.4 is 5.32 Å². The van der Waals surface area contributed by atoms with Crippen LogP contribution in [0.25, 0.3) is 6.08 Å². The smallest absolute Gasteiger partial charge is 0.312 e. The Bertz CT molecular complexity index is 643. The summed E-state index contributed by atoms with van der Waals surface area (Å²) in [4.78, 5) is 32.4. The molecule has 0 spiro atoms. The molecule has 1 aromatic rings. The monoisotopic (exact) mass is 344 g/mol. The summed E-state index contributed by atoms with van der Waals surface area (Å²) in [5.41, 5.74) is -0.413. The molecule has 1 fully saturated rings. The van der Waals surface area contributed by atoms with Crippen LogP contribution in [0.4, 0.5) is 10.5 Å². The van der Waals surface area contributed by atoms with Crippen LogP contribution in [-0.2, 0) is 4.79 Å². The van der Waals surface area contributed by atoms with Crippen LogP contribution in [0.3, 0.4) is 0 Å². The number of aromatic hydroxyl groups is 1. The number of phenolic OH excluding ortho intramolecular Hbond substituents is 1. The van der Waals surface area contributed by atoms with Gasteiger partial charge in [-0.2, -0.15) is 0 Å². The van der Waals surface area contributed by atoms with Gasteiger partial charge in [-0.15, -0.1) is 0 Å². The van der Waals surface area contributed by atoms with Crippen LogP contribution in [0.5, 0.6) is 5.75 Å². The molecule has 2 rings (SSSR count). The number of carbonyl (C=O) groups excluding carboxylic acids is 2. The molecule has 7 nitrogen and oxygen atoms in total. The van der Waals surface area contributed by atoms with E-state index in [1.807, 2.05) is 5.32 Å². The number of thioether (sulfide) groups is 1. The standard InChI is InChI=1S/C10H5BrN2O5S/c11-5-1-4(8(14)6(3-5)13(17)18)2-7-9(15)12-10(16)19-7/h1-3,14H,(H,12,15,16)/b7-2-. The lowest BCUT2D eigenvalue weighted by Gasteiger charge is -2.02. The van der Waals surface area contributed by atoms with Crippen molar-refractivity contribution in [3.8, 4) is 5.75 Å². The number of amides is 2. The largest absolute Gasteiger partial charge is 0.502 e. The van der Waals surface area contributed by atoms with Gasteiger partial charge in [0.25, 0.3) is 11.1 Å². The summed E-state index contributed by atoms with van der Waals surface area (Å²) >= 11 is 3.74. The topological polar surface area (TPSA) is 110 Å². The molecule has 0 unspecified atom stereocenters. The minimum atomic E-state index is -0.741. The number of rotatable bonds is 2. The van der Waals surface area contributed by atoms with Crippen molar-refractivity contribution in [2.75, 3.05) is 0 Å². The normalized spacial score (nSPS) is 16.8. The first kappa shape index (κ1) is 13.6. The van der Waals surface area contributed by atoms with Crippen LogP contribution in [0, 0.1) is 10.1 Å². The Balaban J connectivity index is 2.52. The Morgan fingerprint density at radius 2 is 2.11 bits per heavy atom. The molecule has 0 saturated carbocycles. The zero-order valence-corrected chi connectivity index (χ0v) is 11.4. The van der Waals surface area contributed by atoms with Gasteiger partial charge in [-0.05, 0) is 23.9 Å². The minimum absolute atomic E-state index is 0.0627. The number of imide groups is 1. The Morgan fingerprint density at radius 1 is 1.42 bits per heavy atom. The van der Waals surface area contributed by atoms with Gasteiger partial charge < -0.3 is 5.11 Å². The molecule has 1 aromatic carbocycles. The number of nitrogens with one attached hydrogen (secondary N) is 1. The maximum atomic E-state index is 11.4. The zero-order valence-electron chi connectivity index (χ0n) is 9.05. The lowest BCUT2D eigenvalue weighted by Crippen LogP contribution is -2.17. The first-order valence-corrected chi connectivity index (χ1v) is 6.41. The van der Waals surface area contributed by atoms with Gasteiger partial charge in [-0.1, -0.05) is 15.9 Å². The molecule has 1 aliphatic heterocycles. The van der Waals surface area contributed by atoms with Crippen LogP contribution in [0.2, 0.25) is 0 Å². The zero-order chi connectivity index (χ0) is 14.2. The van der Waals surface area contributed by atoms with Crippen molar-refractivity contribution in [3.63, 3.8) is 0 Å². The van der Waals surface area contributed by atoms with E-state index in [4.69, 9.17) is 0 Å². The number of phenols is 1. The summed E-state index contributed by atoms with van der Waals surface area (Å²) in [6.07, 6.45) is 1.22. The average Bonchev–Trinajstić information content (AvgIpc) is 2.61. The van der Waals surface area contributed by atoms with E-state index < -0.39 is 27.5 Å². The molecule has 9 heteroatoms. The fourth-order valence-electron chi connectivity index (χ4n) is 1.42. The van der Waals surface area contributed by atoms with Crippen LogP contribution in [-0.4, -0.2) is 21.2 Å². The molecule has 2 amide bonds. The maximum absolute atomic E-state index is 11.4. The minimum Gasteiger partial charge on any atom is -0.502 e. The van der Waals surface area contributed by atoms with Gasteiger partial charge >= 0.3 is 5.69 Å². The molecular weight excluding hydrogens is 340 g/mol. The molecule has 19 heavy (non-hydrogen) atoms. The summed E-state index contributed by atoms with van der Waals surface area (Å²) in [6.45, 7) is 0. The first-order chi connectivity index (χ1) is 8.88. The molecule has 1 aliphatic rings. The molecule has 0 bridgehead atoms. The van der Waals surface area contributed by atoms with Crippen molar-refractivity contribution < 1.29 is 19.6 Å². The number of nitro groups is 1. The molecule has 1 saturated heterocycles. The van der Waals surface area contributed by atoms with Gasteiger partial charge in [0, 0.05) is 16.1 Å². The predicted octanol–water partition coefficient (Wildman–Crippen LogP) is 2.39. The number of halogens is 1. The predicted molar refractivity (Wildman–Crippen MR) is 71.6 cm³/mol. The highest BCUT2D eigenvalue weighted by Crippen LogP contribution is 2.36. The summed E-state index contributed by atoms with van der Waals surface area (Å²) in [5, 5.41) is 22.0. The van der Waals surface area contributed by atoms with Gasteiger partial charge in [-0.3, -0.25) is 25.0 Å². The molecule has 0 aromatic heterocycles. The van der Waals surface area contributed by atoms with E-state index >= 15 is 0 Å². The number of carbonyl (C=O) groups is 2. The molecule has 0 radical (unpaired) electrons. The Morgan fingerprint density at radius 3 is 2.63 bits per heavy atom. The van der Waals surface area contributed by atoms with E-state index in [1.54, 1.807) is 0 Å². The fourth-order valence-corrected chi connectivity index (χ4v) is 2.55. The third kappa shape index (κ3) is 2.76. The Kier molecular flexibility index (Phi) is 3.58. The van der Waals surface area contributed by atoms with Crippen molar-refractivity contribution in [1.29, 1.82) is 0 Å². The Labute approximate surface area is 119 Å². The molecule has 98 valence electrons. The van der Waals surface area contributed by atoms with E-state index in [9.17, 15) is 24.8 Å². The highest BCUT2D eigenvalue weighted by Gasteiger charge is 2.26. The maximum Gasteiger partial charge on any atom is 0.312 e. The van der Waals surface area contributed by atoms with Crippen molar-refractivity contribution in [3.05, 3.63) is 37.2 Å². The highest BCUT2D eigenvalue weighted by molar-refractivity contribution is 9.10. The van der Waals surface area contributed by atoms with Gasteiger partial charge in [-0.25, -0.2) is 0 Å². The molecular formula is C10H5BrN2O5S.